The van der Waals surface area contributed by atoms with E-state index in [4.69, 9.17) is 5.11 Å². The molecular weight excluding hydrogens is 321 g/mol. The molecule has 0 heterocycles. The Balaban J connectivity index is 2.46. The molecule has 0 aliphatic heterocycles. The molecule has 0 bridgehead atoms. The summed E-state index contributed by atoms with van der Waals surface area (Å²) in [6.07, 6.45) is -0.722. The van der Waals surface area contributed by atoms with Crippen molar-refractivity contribution < 1.29 is 28.2 Å². The van der Waals surface area contributed by atoms with Gasteiger partial charge in [-0.05, 0) is 41.0 Å². The first-order valence-corrected chi connectivity index (χ1v) is 6.86. The highest BCUT2D eigenvalue weighted by atomic mass is 19.4. The van der Waals surface area contributed by atoms with E-state index >= 15 is 0 Å². The molecule has 0 radical (unpaired) electrons. The topological polar surface area (TPSA) is 57.5 Å². The molecule has 0 aromatic heterocycles. The van der Waals surface area contributed by atoms with Gasteiger partial charge in [0.25, 0.3) is 0 Å². The summed E-state index contributed by atoms with van der Waals surface area (Å²) in [5.74, 6) is -1.09. The van der Waals surface area contributed by atoms with Gasteiger partial charge >= 0.3 is 12.1 Å². The number of carbonyl (C=O) groups is 1. The first kappa shape index (κ1) is 17.3. The third kappa shape index (κ3) is 4.49. The van der Waals surface area contributed by atoms with Gasteiger partial charge in [0.2, 0.25) is 0 Å². The molecule has 0 saturated heterocycles. The van der Waals surface area contributed by atoms with Gasteiger partial charge in [-0.1, -0.05) is 36.4 Å². The number of halogens is 3. The van der Waals surface area contributed by atoms with Crippen LogP contribution in [-0.2, 0) is 11.0 Å². The van der Waals surface area contributed by atoms with E-state index in [0.717, 1.165) is 18.2 Å². The lowest BCUT2D eigenvalue weighted by Crippen LogP contribution is -2.04. The van der Waals surface area contributed by atoms with E-state index in [-0.39, 0.29) is 5.75 Å². The highest BCUT2D eigenvalue weighted by Crippen LogP contribution is 2.31. The molecule has 2 rings (SSSR count). The van der Waals surface area contributed by atoms with Crippen LogP contribution < -0.4 is 0 Å². The highest BCUT2D eigenvalue weighted by molar-refractivity contribution is 5.84. The molecule has 6 heteroatoms. The summed E-state index contributed by atoms with van der Waals surface area (Å²) in [5.41, 5.74) is 0.880. The van der Waals surface area contributed by atoms with Crippen LogP contribution in [0.2, 0.25) is 0 Å². The van der Waals surface area contributed by atoms with E-state index in [9.17, 15) is 23.1 Å². The molecule has 0 atom stereocenters. The van der Waals surface area contributed by atoms with Gasteiger partial charge in [-0.3, -0.25) is 0 Å². The lowest BCUT2D eigenvalue weighted by molar-refractivity contribution is -0.137. The van der Waals surface area contributed by atoms with E-state index < -0.39 is 17.7 Å². The quantitative estimate of drug-likeness (QED) is 0.640. The predicted molar refractivity (Wildman–Crippen MR) is 83.4 cm³/mol. The Morgan fingerprint density at radius 2 is 1.42 bits per heavy atom. The molecule has 0 spiro atoms. The molecule has 2 aromatic carbocycles. The van der Waals surface area contributed by atoms with Crippen molar-refractivity contribution in [2.45, 2.75) is 6.18 Å². The third-order valence-corrected chi connectivity index (χ3v) is 3.20. The zero-order valence-electron chi connectivity index (χ0n) is 12.3. The lowest BCUT2D eigenvalue weighted by atomic mass is 9.96. The maximum atomic E-state index is 12.7. The normalized spacial score (nSPS) is 12.5. The van der Waals surface area contributed by atoms with Gasteiger partial charge in [0.05, 0.1) is 5.56 Å². The number of aromatic hydroxyl groups is 1. The molecule has 0 aliphatic carbocycles. The molecule has 0 unspecified atom stereocenters. The fraction of sp³-hybridized carbons (Fsp3) is 0.0556. The lowest BCUT2D eigenvalue weighted by Gasteiger charge is -2.11. The minimum atomic E-state index is -4.43. The summed E-state index contributed by atoms with van der Waals surface area (Å²) in [6.45, 7) is 0. The van der Waals surface area contributed by atoms with Crippen molar-refractivity contribution >= 4 is 11.5 Å². The number of aliphatic carboxylic acids is 1. The van der Waals surface area contributed by atoms with Crippen LogP contribution >= 0.6 is 0 Å². The maximum Gasteiger partial charge on any atom is 0.416 e. The second-order valence-electron chi connectivity index (χ2n) is 4.90. The number of rotatable bonds is 4. The smallest absolute Gasteiger partial charge is 0.416 e. The molecule has 0 amide bonds. The average molecular weight is 334 g/mol. The number of hydrogen-bond acceptors (Lipinski definition) is 2. The molecule has 0 saturated carbocycles. The van der Waals surface area contributed by atoms with Gasteiger partial charge in [0.1, 0.15) is 5.75 Å². The third-order valence-electron chi connectivity index (χ3n) is 3.20. The Morgan fingerprint density at radius 3 is 1.88 bits per heavy atom. The number of alkyl halides is 3. The Kier molecular flexibility index (Phi) is 5.08. The van der Waals surface area contributed by atoms with E-state index in [0.29, 0.717) is 16.7 Å². The van der Waals surface area contributed by atoms with Crippen LogP contribution in [0.5, 0.6) is 5.75 Å². The van der Waals surface area contributed by atoms with Gasteiger partial charge in [-0.2, -0.15) is 13.2 Å². The summed E-state index contributed by atoms with van der Waals surface area (Å²) in [4.78, 5) is 10.6. The Labute approximate surface area is 136 Å². The van der Waals surface area contributed by atoms with Crippen molar-refractivity contribution in [1.82, 2.24) is 0 Å². The minimum absolute atomic E-state index is 0.0478. The van der Waals surface area contributed by atoms with E-state index in [1.807, 2.05) is 0 Å². The van der Waals surface area contributed by atoms with Crippen LogP contribution in [0.1, 0.15) is 16.7 Å². The van der Waals surface area contributed by atoms with Gasteiger partial charge in [0, 0.05) is 6.08 Å². The number of hydrogen-bond donors (Lipinski definition) is 2. The number of carboxylic acid groups (broad SMARTS) is 1. The second-order valence-corrected chi connectivity index (χ2v) is 4.90. The Morgan fingerprint density at radius 1 is 0.917 bits per heavy atom. The first-order chi connectivity index (χ1) is 11.3. The van der Waals surface area contributed by atoms with Gasteiger partial charge in [0.15, 0.2) is 0 Å². The van der Waals surface area contributed by atoms with Crippen molar-refractivity contribution in [2.24, 2.45) is 0 Å². The monoisotopic (exact) mass is 334 g/mol. The minimum Gasteiger partial charge on any atom is -0.508 e. The zero-order valence-corrected chi connectivity index (χ0v) is 12.3. The van der Waals surface area contributed by atoms with Gasteiger partial charge in [-0.25, -0.2) is 4.79 Å². The van der Waals surface area contributed by atoms with Crippen LogP contribution in [0.4, 0.5) is 13.2 Å². The second kappa shape index (κ2) is 7.04. The zero-order chi connectivity index (χ0) is 17.7. The SMILES string of the molecule is O=C(O)/C=C/C=C(\c1ccc(O)cc1)c1ccc(C(F)(F)F)cc1. The van der Waals surface area contributed by atoms with Gasteiger partial charge in [-0.15, -0.1) is 0 Å². The van der Waals surface area contributed by atoms with Crippen molar-refractivity contribution in [2.75, 3.05) is 0 Å². The molecule has 0 aliphatic rings. The number of carboxylic acids is 1. The largest absolute Gasteiger partial charge is 0.508 e. The van der Waals surface area contributed by atoms with Crippen molar-refractivity contribution in [3.63, 3.8) is 0 Å². The van der Waals surface area contributed by atoms with Crippen LogP contribution in [0.3, 0.4) is 0 Å². The number of phenolic OH excluding ortho intramolecular Hbond substituents is 1. The summed E-state index contributed by atoms with van der Waals surface area (Å²) in [5, 5.41) is 18.0. The summed E-state index contributed by atoms with van der Waals surface area (Å²) < 4.78 is 38.0. The molecule has 0 fully saturated rings. The van der Waals surface area contributed by atoms with Crippen molar-refractivity contribution in [3.05, 3.63) is 83.4 Å². The number of allylic oxidation sites excluding steroid dienone is 2. The summed E-state index contributed by atoms with van der Waals surface area (Å²) in [7, 11) is 0. The van der Waals surface area contributed by atoms with Crippen molar-refractivity contribution in [1.29, 1.82) is 0 Å². The Bertz CT molecular complexity index is 771. The molecule has 24 heavy (non-hydrogen) atoms. The summed E-state index contributed by atoms with van der Waals surface area (Å²) in [6, 6.07) is 10.6. The van der Waals surface area contributed by atoms with Crippen LogP contribution in [-0.4, -0.2) is 16.2 Å². The van der Waals surface area contributed by atoms with E-state index in [2.05, 4.69) is 0 Å². The van der Waals surface area contributed by atoms with E-state index in [1.54, 1.807) is 12.1 Å². The van der Waals surface area contributed by atoms with Crippen molar-refractivity contribution in [3.8, 4) is 5.75 Å². The molecule has 2 aromatic rings. The van der Waals surface area contributed by atoms with Crippen LogP contribution in [0, 0.1) is 0 Å². The number of phenols is 1. The van der Waals surface area contributed by atoms with Gasteiger partial charge < -0.3 is 10.2 Å². The number of benzene rings is 2. The maximum absolute atomic E-state index is 12.7. The fourth-order valence-electron chi connectivity index (χ4n) is 2.07. The molecule has 2 N–H and O–H groups in total. The van der Waals surface area contributed by atoms with Crippen LogP contribution in [0.15, 0.2) is 66.8 Å². The van der Waals surface area contributed by atoms with Crippen LogP contribution in [0.25, 0.3) is 5.57 Å². The fourth-order valence-corrected chi connectivity index (χ4v) is 2.07. The van der Waals surface area contributed by atoms with E-state index in [1.165, 1.54) is 36.4 Å². The first-order valence-electron chi connectivity index (χ1n) is 6.86. The Hall–Kier alpha value is -3.02. The highest BCUT2D eigenvalue weighted by Gasteiger charge is 2.30. The molecule has 124 valence electrons. The predicted octanol–water partition coefficient (Wildman–Crippen LogP) is 4.48. The summed E-state index contributed by atoms with van der Waals surface area (Å²) >= 11 is 0. The standard InChI is InChI=1S/C18H13F3O3/c19-18(20,21)14-8-4-12(5-9-14)16(2-1-3-17(23)24)13-6-10-15(22)11-7-13/h1-11,22H,(H,23,24)/b3-1+,16-2-. The molecular formula is C18H13F3O3. The average Bonchev–Trinajstić information content (AvgIpc) is 2.52. The molecule has 3 nitrogen and oxygen atoms in total.